The Hall–Kier alpha value is -2.75. The summed E-state index contributed by atoms with van der Waals surface area (Å²) >= 11 is 3.35. The predicted molar refractivity (Wildman–Crippen MR) is 119 cm³/mol. The van der Waals surface area contributed by atoms with E-state index < -0.39 is 17.7 Å². The minimum atomic E-state index is -4.85. The molecule has 0 saturated carbocycles. The zero-order valence-corrected chi connectivity index (χ0v) is 19.2. The molecule has 0 bridgehead atoms. The molecule has 1 saturated heterocycles. The fourth-order valence-electron chi connectivity index (χ4n) is 3.23. The molecular formula is C22H23BrF3N3O3. The van der Waals surface area contributed by atoms with E-state index in [9.17, 15) is 22.8 Å². The van der Waals surface area contributed by atoms with Crippen molar-refractivity contribution >= 4 is 39.1 Å². The molecule has 2 aromatic carbocycles. The third-order valence-corrected chi connectivity index (χ3v) is 5.56. The van der Waals surface area contributed by atoms with Gasteiger partial charge in [-0.2, -0.15) is 13.2 Å². The monoisotopic (exact) mass is 513 g/mol. The average molecular weight is 514 g/mol. The highest BCUT2D eigenvalue weighted by atomic mass is 79.9. The van der Waals surface area contributed by atoms with Crippen LogP contribution in [-0.4, -0.2) is 54.7 Å². The number of hydrogen-bond acceptors (Lipinski definition) is 4. The van der Waals surface area contributed by atoms with Gasteiger partial charge in [0.2, 0.25) is 0 Å². The highest BCUT2D eigenvalue weighted by Gasteiger charge is 2.43. The highest BCUT2D eigenvalue weighted by Crippen LogP contribution is 2.25. The summed E-state index contributed by atoms with van der Waals surface area (Å²) in [5.41, 5.74) is 0.248. The van der Waals surface area contributed by atoms with Crippen LogP contribution in [0.15, 0.2) is 53.0 Å². The van der Waals surface area contributed by atoms with Gasteiger partial charge in [-0.05, 0) is 62.4 Å². The average Bonchev–Trinajstić information content (AvgIpc) is 2.75. The van der Waals surface area contributed by atoms with Crippen LogP contribution in [0.5, 0.6) is 5.75 Å². The summed E-state index contributed by atoms with van der Waals surface area (Å²) in [6, 6.07) is 14.2. The van der Waals surface area contributed by atoms with Gasteiger partial charge in [-0.1, -0.05) is 15.9 Å². The summed E-state index contributed by atoms with van der Waals surface area (Å²) in [5, 5.41) is 2.81. The molecule has 3 rings (SSSR count). The maximum absolute atomic E-state index is 12.7. The van der Waals surface area contributed by atoms with E-state index in [2.05, 4.69) is 21.2 Å². The van der Waals surface area contributed by atoms with Gasteiger partial charge in [-0.3, -0.25) is 9.59 Å². The molecule has 10 heteroatoms. The molecule has 2 amide bonds. The van der Waals surface area contributed by atoms with Gasteiger partial charge in [0.25, 0.3) is 5.91 Å². The van der Waals surface area contributed by atoms with E-state index in [-0.39, 0.29) is 19.0 Å². The largest absolute Gasteiger partial charge is 0.478 e. The number of benzene rings is 2. The van der Waals surface area contributed by atoms with E-state index in [0.717, 1.165) is 15.1 Å². The Morgan fingerprint density at radius 3 is 2.03 bits per heavy atom. The van der Waals surface area contributed by atoms with Gasteiger partial charge in [0, 0.05) is 42.0 Å². The Kier molecular flexibility index (Phi) is 7.02. The summed E-state index contributed by atoms with van der Waals surface area (Å²) in [4.78, 5) is 26.8. The molecule has 0 atom stereocenters. The number of rotatable bonds is 5. The first-order chi connectivity index (χ1) is 15.0. The smallest absolute Gasteiger partial charge is 0.471 e. The minimum Gasteiger partial charge on any atom is -0.478 e. The van der Waals surface area contributed by atoms with Gasteiger partial charge in [0.15, 0.2) is 5.60 Å². The normalized spacial score (nSPS) is 14.8. The lowest BCUT2D eigenvalue weighted by Crippen LogP contribution is -2.52. The molecule has 0 radical (unpaired) electrons. The second kappa shape index (κ2) is 9.40. The van der Waals surface area contributed by atoms with Gasteiger partial charge in [0.05, 0.1) is 0 Å². The molecule has 0 aliphatic carbocycles. The molecule has 1 aliphatic rings. The number of piperazine rings is 1. The van der Waals surface area contributed by atoms with Crippen molar-refractivity contribution in [2.75, 3.05) is 36.4 Å². The Balaban J connectivity index is 1.56. The highest BCUT2D eigenvalue weighted by molar-refractivity contribution is 9.10. The molecule has 2 aromatic rings. The molecule has 0 unspecified atom stereocenters. The first kappa shape index (κ1) is 23.9. The summed E-state index contributed by atoms with van der Waals surface area (Å²) in [6.45, 7) is 3.92. The van der Waals surface area contributed by atoms with E-state index >= 15 is 0 Å². The zero-order valence-electron chi connectivity index (χ0n) is 17.6. The maximum atomic E-state index is 12.7. The Morgan fingerprint density at radius 1 is 0.938 bits per heavy atom. The molecule has 0 spiro atoms. The standard InChI is InChI=1S/C22H23BrF3N3O3/c1-21(2,32-18-9-3-15(23)4-10-18)19(30)27-16-5-7-17(8-6-16)28-11-13-29(14-12-28)20(31)22(24,25)26/h3-10H,11-14H2,1-2H3,(H,27,30). The van der Waals surface area contributed by atoms with Crippen LogP contribution in [0.4, 0.5) is 24.5 Å². The molecule has 6 nitrogen and oxygen atoms in total. The van der Waals surface area contributed by atoms with Crippen molar-refractivity contribution in [1.29, 1.82) is 0 Å². The van der Waals surface area contributed by atoms with Gasteiger partial charge in [-0.15, -0.1) is 0 Å². The number of carbonyl (C=O) groups is 2. The second-order valence-electron chi connectivity index (χ2n) is 7.84. The number of nitrogens with one attached hydrogen (secondary N) is 1. The van der Waals surface area contributed by atoms with Crippen LogP contribution in [0.2, 0.25) is 0 Å². The first-order valence-corrected chi connectivity index (χ1v) is 10.7. The second-order valence-corrected chi connectivity index (χ2v) is 8.76. The third kappa shape index (κ3) is 5.93. The van der Waals surface area contributed by atoms with E-state index in [1.807, 2.05) is 17.0 Å². The number of hydrogen-bond donors (Lipinski definition) is 1. The lowest BCUT2D eigenvalue weighted by atomic mass is 10.1. The number of nitrogens with zero attached hydrogens (tertiary/aromatic N) is 2. The van der Waals surface area contributed by atoms with Crippen LogP contribution in [0.25, 0.3) is 0 Å². The van der Waals surface area contributed by atoms with E-state index in [0.29, 0.717) is 24.5 Å². The number of anilines is 2. The summed E-state index contributed by atoms with van der Waals surface area (Å²) < 4.78 is 44.4. The first-order valence-electron chi connectivity index (χ1n) is 9.93. The van der Waals surface area contributed by atoms with Crippen molar-refractivity contribution in [3.05, 3.63) is 53.0 Å². The SMILES string of the molecule is CC(C)(Oc1ccc(Br)cc1)C(=O)Nc1ccc(N2CCN(C(=O)C(F)(F)F)CC2)cc1. The number of amides is 2. The Bertz CT molecular complexity index is 955. The fraction of sp³-hybridized carbons (Fsp3) is 0.364. The fourth-order valence-corrected chi connectivity index (χ4v) is 3.49. The van der Waals surface area contributed by atoms with E-state index in [1.54, 1.807) is 50.2 Å². The lowest BCUT2D eigenvalue weighted by Gasteiger charge is -2.36. The third-order valence-electron chi connectivity index (χ3n) is 5.03. The molecule has 1 aliphatic heterocycles. The van der Waals surface area contributed by atoms with Crippen LogP contribution < -0.4 is 15.0 Å². The van der Waals surface area contributed by atoms with Gasteiger partial charge in [0.1, 0.15) is 5.75 Å². The Morgan fingerprint density at radius 2 is 1.50 bits per heavy atom. The lowest BCUT2D eigenvalue weighted by molar-refractivity contribution is -0.185. The van der Waals surface area contributed by atoms with Gasteiger partial charge >= 0.3 is 12.1 Å². The van der Waals surface area contributed by atoms with Crippen molar-refractivity contribution < 1.29 is 27.5 Å². The topological polar surface area (TPSA) is 61.9 Å². The maximum Gasteiger partial charge on any atom is 0.471 e. The Labute approximate surface area is 192 Å². The van der Waals surface area contributed by atoms with Crippen LogP contribution in [0.3, 0.4) is 0 Å². The van der Waals surface area contributed by atoms with E-state index in [1.165, 1.54) is 0 Å². The number of halogens is 4. The number of carbonyl (C=O) groups excluding carboxylic acids is 2. The van der Waals surface area contributed by atoms with Crippen LogP contribution in [0, 0.1) is 0 Å². The quantitative estimate of drug-likeness (QED) is 0.641. The van der Waals surface area contributed by atoms with Gasteiger partial charge < -0.3 is 19.9 Å². The summed E-state index contributed by atoms with van der Waals surface area (Å²) in [5.74, 6) is -1.57. The molecule has 32 heavy (non-hydrogen) atoms. The van der Waals surface area contributed by atoms with E-state index in [4.69, 9.17) is 4.74 Å². The molecule has 1 fully saturated rings. The summed E-state index contributed by atoms with van der Waals surface area (Å²) in [7, 11) is 0. The van der Waals surface area contributed by atoms with Gasteiger partial charge in [-0.25, -0.2) is 0 Å². The zero-order chi connectivity index (χ0) is 23.5. The van der Waals surface area contributed by atoms with Crippen molar-refractivity contribution in [2.45, 2.75) is 25.6 Å². The van der Waals surface area contributed by atoms with Crippen molar-refractivity contribution in [3.8, 4) is 5.75 Å². The van der Waals surface area contributed by atoms with Crippen molar-refractivity contribution in [3.63, 3.8) is 0 Å². The molecule has 0 aromatic heterocycles. The minimum absolute atomic E-state index is 0.00157. The summed E-state index contributed by atoms with van der Waals surface area (Å²) in [6.07, 6.45) is -4.85. The van der Waals surface area contributed by atoms with Crippen molar-refractivity contribution in [1.82, 2.24) is 4.90 Å². The molecule has 1 heterocycles. The number of alkyl halides is 3. The predicted octanol–water partition coefficient (Wildman–Crippen LogP) is 4.46. The molecule has 172 valence electrons. The van der Waals surface area contributed by atoms with Crippen LogP contribution in [-0.2, 0) is 9.59 Å². The van der Waals surface area contributed by atoms with Crippen molar-refractivity contribution in [2.24, 2.45) is 0 Å². The van der Waals surface area contributed by atoms with Crippen LogP contribution >= 0.6 is 15.9 Å². The number of ether oxygens (including phenoxy) is 1. The molecule has 1 N–H and O–H groups in total. The molecular weight excluding hydrogens is 491 g/mol. The van der Waals surface area contributed by atoms with Crippen LogP contribution in [0.1, 0.15) is 13.8 Å².